The number of hydrogen-bond acceptors (Lipinski definition) is 2. The standard InChI is InChI=1S/C17H30N2/c1-15(2)14-18-12-8-5-9-13-19(4)17-11-7-6-10-16(17)3/h6-7,10-11,15,18H,5,8-9,12-14H2,1-4H3. The first-order valence-electron chi connectivity index (χ1n) is 7.58. The van der Waals surface area contributed by atoms with Crippen LogP contribution in [0.3, 0.4) is 0 Å². The Morgan fingerprint density at radius 3 is 2.53 bits per heavy atom. The monoisotopic (exact) mass is 262 g/mol. The van der Waals surface area contributed by atoms with Crippen molar-refractivity contribution < 1.29 is 0 Å². The van der Waals surface area contributed by atoms with E-state index in [0.29, 0.717) is 0 Å². The number of hydrogen-bond donors (Lipinski definition) is 1. The van der Waals surface area contributed by atoms with Crippen molar-refractivity contribution in [3.8, 4) is 0 Å². The molecule has 0 radical (unpaired) electrons. The number of nitrogens with one attached hydrogen (secondary N) is 1. The molecule has 0 heterocycles. The molecule has 0 aromatic heterocycles. The molecule has 1 rings (SSSR count). The second kappa shape index (κ2) is 8.98. The third-order valence-corrected chi connectivity index (χ3v) is 3.43. The molecule has 0 fully saturated rings. The lowest BCUT2D eigenvalue weighted by atomic mass is 10.1. The van der Waals surface area contributed by atoms with Gasteiger partial charge in [-0.3, -0.25) is 0 Å². The molecule has 0 aliphatic rings. The van der Waals surface area contributed by atoms with Crippen molar-refractivity contribution in [2.75, 3.05) is 31.6 Å². The number of anilines is 1. The Morgan fingerprint density at radius 2 is 1.84 bits per heavy atom. The van der Waals surface area contributed by atoms with Crippen LogP contribution in [0.4, 0.5) is 5.69 Å². The van der Waals surface area contributed by atoms with Crippen LogP contribution in [0.2, 0.25) is 0 Å². The fraction of sp³-hybridized carbons (Fsp3) is 0.647. The molecule has 2 heteroatoms. The molecule has 108 valence electrons. The Balaban J connectivity index is 2.11. The first-order valence-corrected chi connectivity index (χ1v) is 7.58. The third-order valence-electron chi connectivity index (χ3n) is 3.43. The summed E-state index contributed by atoms with van der Waals surface area (Å²) in [7, 11) is 2.19. The van der Waals surface area contributed by atoms with Crippen LogP contribution in [0.15, 0.2) is 24.3 Å². The topological polar surface area (TPSA) is 15.3 Å². The van der Waals surface area contributed by atoms with Gasteiger partial charge >= 0.3 is 0 Å². The van der Waals surface area contributed by atoms with Crippen LogP contribution in [0.5, 0.6) is 0 Å². The predicted octanol–water partition coefficient (Wildman–Crippen LogP) is 3.85. The third kappa shape index (κ3) is 6.63. The zero-order valence-electron chi connectivity index (χ0n) is 13.1. The molecule has 0 atom stereocenters. The lowest BCUT2D eigenvalue weighted by Gasteiger charge is -2.21. The van der Waals surface area contributed by atoms with Gasteiger partial charge in [0.2, 0.25) is 0 Å². The van der Waals surface area contributed by atoms with Crippen LogP contribution in [-0.4, -0.2) is 26.7 Å². The van der Waals surface area contributed by atoms with Crippen LogP contribution in [0.1, 0.15) is 38.7 Å². The highest BCUT2D eigenvalue weighted by molar-refractivity contribution is 5.52. The van der Waals surface area contributed by atoms with Crippen molar-refractivity contribution in [1.82, 2.24) is 5.32 Å². The van der Waals surface area contributed by atoms with E-state index in [9.17, 15) is 0 Å². The van der Waals surface area contributed by atoms with Crippen LogP contribution in [0, 0.1) is 12.8 Å². The molecule has 0 bridgehead atoms. The molecule has 0 unspecified atom stereocenters. The van der Waals surface area contributed by atoms with Gasteiger partial charge in [-0.2, -0.15) is 0 Å². The van der Waals surface area contributed by atoms with E-state index in [1.165, 1.54) is 30.5 Å². The summed E-state index contributed by atoms with van der Waals surface area (Å²) >= 11 is 0. The minimum absolute atomic E-state index is 0.757. The summed E-state index contributed by atoms with van der Waals surface area (Å²) in [5.74, 6) is 0.757. The van der Waals surface area contributed by atoms with E-state index in [1.807, 2.05) is 0 Å². The van der Waals surface area contributed by atoms with Gasteiger partial charge in [-0.15, -0.1) is 0 Å². The smallest absolute Gasteiger partial charge is 0.0393 e. The van der Waals surface area contributed by atoms with Crippen molar-refractivity contribution >= 4 is 5.69 Å². The van der Waals surface area contributed by atoms with Crippen LogP contribution >= 0.6 is 0 Å². The van der Waals surface area contributed by atoms with Gasteiger partial charge in [0, 0.05) is 19.3 Å². The van der Waals surface area contributed by atoms with Gasteiger partial charge in [-0.25, -0.2) is 0 Å². The number of rotatable bonds is 9. The zero-order valence-corrected chi connectivity index (χ0v) is 13.1. The SMILES string of the molecule is Cc1ccccc1N(C)CCCCCNCC(C)C. The lowest BCUT2D eigenvalue weighted by Crippen LogP contribution is -2.22. The Hall–Kier alpha value is -1.02. The maximum Gasteiger partial charge on any atom is 0.0393 e. The average Bonchev–Trinajstić information content (AvgIpc) is 2.37. The molecular weight excluding hydrogens is 232 g/mol. The molecule has 0 aliphatic heterocycles. The van der Waals surface area contributed by atoms with Crippen molar-refractivity contribution in [3.63, 3.8) is 0 Å². The number of aryl methyl sites for hydroxylation is 1. The Labute approximate surface area is 119 Å². The van der Waals surface area contributed by atoms with Crippen LogP contribution in [-0.2, 0) is 0 Å². The van der Waals surface area contributed by atoms with Gasteiger partial charge in [0.15, 0.2) is 0 Å². The lowest BCUT2D eigenvalue weighted by molar-refractivity contribution is 0.530. The minimum atomic E-state index is 0.757. The van der Waals surface area contributed by atoms with Crippen molar-refractivity contribution in [2.45, 2.75) is 40.0 Å². The van der Waals surface area contributed by atoms with E-state index < -0.39 is 0 Å². The van der Waals surface area contributed by atoms with E-state index >= 15 is 0 Å². The van der Waals surface area contributed by atoms with E-state index in [-0.39, 0.29) is 0 Å². The molecular formula is C17H30N2. The highest BCUT2D eigenvalue weighted by atomic mass is 15.1. The number of para-hydroxylation sites is 1. The second-order valence-corrected chi connectivity index (χ2v) is 5.87. The molecule has 0 saturated heterocycles. The minimum Gasteiger partial charge on any atom is -0.374 e. The van der Waals surface area contributed by atoms with Gasteiger partial charge < -0.3 is 10.2 Å². The molecule has 0 aliphatic carbocycles. The van der Waals surface area contributed by atoms with Gasteiger partial charge in [0.1, 0.15) is 0 Å². The summed E-state index contributed by atoms with van der Waals surface area (Å²) in [5, 5.41) is 3.50. The highest BCUT2D eigenvalue weighted by Gasteiger charge is 2.02. The fourth-order valence-electron chi connectivity index (χ4n) is 2.28. The molecule has 1 aromatic rings. The maximum absolute atomic E-state index is 3.50. The highest BCUT2D eigenvalue weighted by Crippen LogP contribution is 2.18. The Morgan fingerprint density at radius 1 is 1.11 bits per heavy atom. The quantitative estimate of drug-likeness (QED) is 0.680. The summed E-state index contributed by atoms with van der Waals surface area (Å²) in [4.78, 5) is 2.37. The molecule has 0 spiro atoms. The number of nitrogens with zero attached hydrogens (tertiary/aromatic N) is 1. The van der Waals surface area contributed by atoms with Gasteiger partial charge in [0.25, 0.3) is 0 Å². The normalized spacial score (nSPS) is 11.0. The predicted molar refractivity (Wildman–Crippen MR) is 86.0 cm³/mol. The van der Waals surface area contributed by atoms with E-state index in [2.05, 4.69) is 62.3 Å². The summed E-state index contributed by atoms with van der Waals surface area (Å²) < 4.78 is 0. The van der Waals surface area contributed by atoms with Crippen molar-refractivity contribution in [1.29, 1.82) is 0 Å². The largest absolute Gasteiger partial charge is 0.374 e. The molecule has 19 heavy (non-hydrogen) atoms. The van der Waals surface area contributed by atoms with Crippen LogP contribution < -0.4 is 10.2 Å². The molecule has 2 nitrogen and oxygen atoms in total. The summed E-state index contributed by atoms with van der Waals surface area (Å²) in [6.45, 7) is 10.1. The molecule has 0 amide bonds. The van der Waals surface area contributed by atoms with Crippen molar-refractivity contribution in [3.05, 3.63) is 29.8 Å². The van der Waals surface area contributed by atoms with E-state index in [4.69, 9.17) is 0 Å². The van der Waals surface area contributed by atoms with Crippen molar-refractivity contribution in [2.24, 2.45) is 5.92 Å². The molecule has 0 saturated carbocycles. The van der Waals surface area contributed by atoms with Gasteiger partial charge in [-0.05, 0) is 50.4 Å². The Bertz CT molecular complexity index is 347. The Kier molecular flexibility index (Phi) is 7.57. The summed E-state index contributed by atoms with van der Waals surface area (Å²) in [6.07, 6.45) is 3.86. The maximum atomic E-state index is 3.50. The first-order chi connectivity index (χ1) is 9.11. The molecule has 1 N–H and O–H groups in total. The summed E-state index contributed by atoms with van der Waals surface area (Å²) in [5.41, 5.74) is 2.73. The van der Waals surface area contributed by atoms with E-state index in [1.54, 1.807) is 0 Å². The zero-order chi connectivity index (χ0) is 14.1. The first kappa shape index (κ1) is 16.0. The average molecular weight is 262 g/mol. The number of benzene rings is 1. The molecule has 1 aromatic carbocycles. The van der Waals surface area contributed by atoms with Gasteiger partial charge in [0.05, 0.1) is 0 Å². The second-order valence-electron chi connectivity index (χ2n) is 5.87. The number of unbranched alkanes of at least 4 members (excludes halogenated alkanes) is 2. The summed E-state index contributed by atoms with van der Waals surface area (Å²) in [6, 6.07) is 8.61. The van der Waals surface area contributed by atoms with Gasteiger partial charge in [-0.1, -0.05) is 38.5 Å². The van der Waals surface area contributed by atoms with E-state index in [0.717, 1.165) is 25.6 Å². The fourth-order valence-corrected chi connectivity index (χ4v) is 2.28. The van der Waals surface area contributed by atoms with Crippen LogP contribution in [0.25, 0.3) is 0 Å².